The van der Waals surface area contributed by atoms with Gasteiger partial charge in [0.2, 0.25) is 0 Å². The highest BCUT2D eigenvalue weighted by atomic mass is 35.5. The summed E-state index contributed by atoms with van der Waals surface area (Å²) in [5, 5.41) is 1.10. The molecule has 19 heavy (non-hydrogen) atoms. The molecule has 0 radical (unpaired) electrons. The Kier molecular flexibility index (Phi) is 3.29. The molecule has 1 aromatic heterocycles. The van der Waals surface area contributed by atoms with Crippen LogP contribution in [0.4, 0.5) is 0 Å². The van der Waals surface area contributed by atoms with Crippen LogP contribution in [0.1, 0.15) is 18.7 Å². The summed E-state index contributed by atoms with van der Waals surface area (Å²) in [5.74, 6) is 1.54. The van der Waals surface area contributed by atoms with Gasteiger partial charge in [-0.15, -0.1) is 0 Å². The minimum Gasteiger partial charge on any atom is -0.309 e. The number of hydrogen-bond acceptors (Lipinski definition) is 3. The summed E-state index contributed by atoms with van der Waals surface area (Å²) in [5.41, 5.74) is 0.574. The van der Waals surface area contributed by atoms with Crippen LogP contribution >= 0.6 is 11.6 Å². The highest BCUT2D eigenvalue weighted by molar-refractivity contribution is 6.31. The van der Waals surface area contributed by atoms with E-state index in [1.54, 1.807) is 18.2 Å². The van der Waals surface area contributed by atoms with Crippen LogP contribution in [0.2, 0.25) is 5.02 Å². The van der Waals surface area contributed by atoms with Crippen LogP contribution in [-0.2, 0) is 6.54 Å². The average molecular weight is 278 g/mol. The van der Waals surface area contributed by atoms with Crippen molar-refractivity contribution < 1.29 is 0 Å². The molecule has 1 N–H and O–H groups in total. The predicted molar refractivity (Wildman–Crippen MR) is 76.4 cm³/mol. The number of nitrogens with zero attached hydrogens (tertiary/aromatic N) is 2. The molecule has 2 aromatic rings. The molecular formula is C14H16ClN3O. The summed E-state index contributed by atoms with van der Waals surface area (Å²) in [6.45, 7) is 1.74. The molecule has 0 spiro atoms. The molecule has 5 heteroatoms. The van der Waals surface area contributed by atoms with Crippen molar-refractivity contribution in [2.75, 3.05) is 13.6 Å². The predicted octanol–water partition coefficient (Wildman–Crippen LogP) is 2.42. The maximum atomic E-state index is 12.0. The van der Waals surface area contributed by atoms with Gasteiger partial charge in [0.05, 0.1) is 17.4 Å². The Morgan fingerprint density at radius 2 is 2.26 bits per heavy atom. The van der Waals surface area contributed by atoms with Crippen molar-refractivity contribution in [2.45, 2.75) is 19.4 Å². The molecule has 0 unspecified atom stereocenters. The normalized spacial score (nSPS) is 15.3. The number of fused-ring (bicyclic) bond motifs is 1. The fourth-order valence-electron chi connectivity index (χ4n) is 2.30. The summed E-state index contributed by atoms with van der Waals surface area (Å²) in [6, 6.07) is 5.20. The first-order valence-electron chi connectivity index (χ1n) is 6.49. The van der Waals surface area contributed by atoms with Gasteiger partial charge in [0, 0.05) is 11.6 Å². The van der Waals surface area contributed by atoms with Crippen molar-refractivity contribution in [2.24, 2.45) is 5.92 Å². The van der Waals surface area contributed by atoms with Crippen LogP contribution in [0.5, 0.6) is 0 Å². The molecule has 1 aromatic carbocycles. The SMILES string of the molecule is CN(Cc1nc2ccc(Cl)cc2c(=O)[nH]1)CC1CC1. The quantitative estimate of drug-likeness (QED) is 0.934. The van der Waals surface area contributed by atoms with Crippen molar-refractivity contribution in [1.82, 2.24) is 14.9 Å². The third-order valence-electron chi connectivity index (χ3n) is 3.40. The van der Waals surface area contributed by atoms with E-state index < -0.39 is 0 Å². The third kappa shape index (κ3) is 2.96. The number of benzene rings is 1. The van der Waals surface area contributed by atoms with Gasteiger partial charge in [-0.05, 0) is 44.0 Å². The molecule has 1 aliphatic carbocycles. The number of rotatable bonds is 4. The fourth-order valence-corrected chi connectivity index (χ4v) is 2.47. The van der Waals surface area contributed by atoms with Crippen molar-refractivity contribution in [3.8, 4) is 0 Å². The third-order valence-corrected chi connectivity index (χ3v) is 3.64. The lowest BCUT2D eigenvalue weighted by Crippen LogP contribution is -2.24. The topological polar surface area (TPSA) is 49.0 Å². The van der Waals surface area contributed by atoms with E-state index in [1.165, 1.54) is 12.8 Å². The lowest BCUT2D eigenvalue weighted by molar-refractivity contribution is 0.305. The Morgan fingerprint density at radius 3 is 3.00 bits per heavy atom. The van der Waals surface area contributed by atoms with Crippen molar-refractivity contribution in [3.05, 3.63) is 39.4 Å². The molecule has 0 amide bonds. The smallest absolute Gasteiger partial charge is 0.258 e. The molecule has 1 fully saturated rings. The lowest BCUT2D eigenvalue weighted by Gasteiger charge is -2.15. The van der Waals surface area contributed by atoms with Gasteiger partial charge in [0.1, 0.15) is 5.82 Å². The second-order valence-electron chi connectivity index (χ2n) is 5.31. The Labute approximate surface area is 116 Å². The molecule has 100 valence electrons. The Balaban J connectivity index is 1.87. The molecule has 3 rings (SSSR count). The molecule has 4 nitrogen and oxygen atoms in total. The number of hydrogen-bond donors (Lipinski definition) is 1. The largest absolute Gasteiger partial charge is 0.309 e. The highest BCUT2D eigenvalue weighted by Gasteiger charge is 2.23. The molecule has 0 bridgehead atoms. The summed E-state index contributed by atoms with van der Waals surface area (Å²) >= 11 is 5.89. The van der Waals surface area contributed by atoms with E-state index in [9.17, 15) is 4.79 Å². The summed E-state index contributed by atoms with van der Waals surface area (Å²) in [7, 11) is 2.06. The fraction of sp³-hybridized carbons (Fsp3) is 0.429. The van der Waals surface area contributed by atoms with E-state index in [-0.39, 0.29) is 5.56 Å². The molecular weight excluding hydrogens is 262 g/mol. The first kappa shape index (κ1) is 12.6. The second-order valence-corrected chi connectivity index (χ2v) is 5.75. The maximum Gasteiger partial charge on any atom is 0.258 e. The minimum absolute atomic E-state index is 0.123. The Hall–Kier alpha value is -1.39. The van der Waals surface area contributed by atoms with Crippen LogP contribution < -0.4 is 5.56 Å². The molecule has 1 aliphatic rings. The molecule has 1 heterocycles. The number of H-pyrrole nitrogens is 1. The van der Waals surface area contributed by atoms with Gasteiger partial charge in [0.15, 0.2) is 0 Å². The van der Waals surface area contributed by atoms with E-state index in [1.807, 2.05) is 0 Å². The van der Waals surface area contributed by atoms with Crippen LogP contribution in [-0.4, -0.2) is 28.5 Å². The van der Waals surface area contributed by atoms with E-state index in [2.05, 4.69) is 21.9 Å². The van der Waals surface area contributed by atoms with Crippen LogP contribution in [0.3, 0.4) is 0 Å². The zero-order valence-corrected chi connectivity index (χ0v) is 11.6. The van der Waals surface area contributed by atoms with Crippen LogP contribution in [0, 0.1) is 5.92 Å². The first-order chi connectivity index (χ1) is 9.11. The first-order valence-corrected chi connectivity index (χ1v) is 6.86. The number of halogens is 1. The summed E-state index contributed by atoms with van der Waals surface area (Å²) in [6.07, 6.45) is 2.65. The van der Waals surface area contributed by atoms with Crippen LogP contribution in [0.15, 0.2) is 23.0 Å². The average Bonchev–Trinajstić information content (AvgIpc) is 3.14. The van der Waals surface area contributed by atoms with Crippen LogP contribution in [0.25, 0.3) is 10.9 Å². The van der Waals surface area contributed by atoms with Gasteiger partial charge in [-0.25, -0.2) is 4.98 Å². The molecule has 0 aliphatic heterocycles. The number of aromatic amines is 1. The van der Waals surface area contributed by atoms with Crippen molar-refractivity contribution in [3.63, 3.8) is 0 Å². The Morgan fingerprint density at radius 1 is 1.47 bits per heavy atom. The van der Waals surface area contributed by atoms with Crippen molar-refractivity contribution >= 4 is 22.5 Å². The van der Waals surface area contributed by atoms with Gasteiger partial charge in [-0.3, -0.25) is 9.69 Å². The zero-order chi connectivity index (χ0) is 13.4. The van der Waals surface area contributed by atoms with Crippen molar-refractivity contribution in [1.29, 1.82) is 0 Å². The lowest BCUT2D eigenvalue weighted by atomic mass is 10.2. The number of nitrogens with one attached hydrogen (secondary N) is 1. The minimum atomic E-state index is -0.123. The van der Waals surface area contributed by atoms with Gasteiger partial charge < -0.3 is 4.98 Å². The van der Waals surface area contributed by atoms with E-state index in [0.717, 1.165) is 12.5 Å². The van der Waals surface area contributed by atoms with Gasteiger partial charge in [-0.1, -0.05) is 11.6 Å². The van der Waals surface area contributed by atoms with Gasteiger partial charge in [0.25, 0.3) is 5.56 Å². The molecule has 0 saturated heterocycles. The van der Waals surface area contributed by atoms with E-state index >= 15 is 0 Å². The molecule has 1 saturated carbocycles. The van der Waals surface area contributed by atoms with E-state index in [4.69, 9.17) is 11.6 Å². The van der Waals surface area contributed by atoms with Gasteiger partial charge in [-0.2, -0.15) is 0 Å². The Bertz CT molecular complexity index is 663. The standard InChI is InChI=1S/C14H16ClN3O/c1-18(7-9-2-3-9)8-13-16-12-5-4-10(15)6-11(12)14(19)17-13/h4-6,9H,2-3,7-8H2,1H3,(H,16,17,19). The van der Waals surface area contributed by atoms with E-state index in [0.29, 0.717) is 28.3 Å². The maximum absolute atomic E-state index is 12.0. The number of aromatic nitrogens is 2. The monoisotopic (exact) mass is 277 g/mol. The summed E-state index contributed by atoms with van der Waals surface area (Å²) < 4.78 is 0. The second kappa shape index (κ2) is 4.94. The molecule has 0 atom stereocenters. The van der Waals surface area contributed by atoms with Gasteiger partial charge >= 0.3 is 0 Å². The zero-order valence-electron chi connectivity index (χ0n) is 10.8. The summed E-state index contributed by atoms with van der Waals surface area (Å²) in [4.78, 5) is 21.5. The highest BCUT2D eigenvalue weighted by Crippen LogP contribution is 2.29.